The van der Waals surface area contributed by atoms with Crippen LogP contribution in [0.5, 0.6) is 0 Å². The predicted molar refractivity (Wildman–Crippen MR) is 239 cm³/mol. The lowest BCUT2D eigenvalue weighted by Crippen LogP contribution is -2.50. The second-order valence-electron chi connectivity index (χ2n) is 16.6. The Morgan fingerprint density at radius 2 is 1.05 bits per heavy atom. The molecule has 0 aromatic rings. The molecule has 1 rings (SSSR count). The van der Waals surface area contributed by atoms with Crippen molar-refractivity contribution in [2.75, 3.05) is 32.8 Å². The summed E-state index contributed by atoms with van der Waals surface area (Å²) >= 11 is 0. The second-order valence-corrected chi connectivity index (χ2v) is 16.6. The van der Waals surface area contributed by atoms with E-state index in [9.17, 15) is 14.4 Å². The number of esters is 1. The summed E-state index contributed by atoms with van der Waals surface area (Å²) < 4.78 is 5.63. The number of carbonyl (C=O) groups is 3. The molecule has 3 unspecified atom stereocenters. The highest BCUT2D eigenvalue weighted by Gasteiger charge is 2.25. The molecule has 56 heavy (non-hydrogen) atoms. The molecule has 1 heterocycles. The van der Waals surface area contributed by atoms with Crippen LogP contribution in [-0.4, -0.2) is 61.5 Å². The van der Waals surface area contributed by atoms with Gasteiger partial charge in [-0.15, -0.1) is 0 Å². The van der Waals surface area contributed by atoms with Crippen molar-refractivity contribution in [3.63, 3.8) is 0 Å². The van der Waals surface area contributed by atoms with Crippen molar-refractivity contribution in [1.82, 2.24) is 15.5 Å². The first kappa shape index (κ1) is 51.3. The molecule has 0 saturated carbocycles. The minimum atomic E-state index is -0.875. The molecule has 0 aromatic carbocycles. The number of piperidine rings is 1. The Kier molecular flexibility index (Phi) is 34.7. The number of unbranched alkanes of at least 4 members (excludes halogenated alkanes) is 17. The van der Waals surface area contributed by atoms with E-state index < -0.39 is 12.0 Å². The summed E-state index contributed by atoms with van der Waals surface area (Å²) in [4.78, 5) is 41.2. The maximum Gasteiger partial charge on any atom is 0.330 e. The number of allylic oxidation sites excluding steroid dienone is 8. The Bertz CT molecular complexity index is 1070. The van der Waals surface area contributed by atoms with E-state index in [4.69, 9.17) is 4.74 Å². The Morgan fingerprint density at radius 3 is 1.57 bits per heavy atom. The van der Waals surface area contributed by atoms with Crippen LogP contribution in [0.25, 0.3) is 0 Å². The summed E-state index contributed by atoms with van der Waals surface area (Å²) in [6, 6.07) is -0.875. The van der Waals surface area contributed by atoms with Crippen LogP contribution in [0, 0.1) is 11.8 Å². The summed E-state index contributed by atoms with van der Waals surface area (Å²) in [7, 11) is 0. The van der Waals surface area contributed by atoms with Crippen LogP contribution in [0.2, 0.25) is 0 Å². The first-order chi connectivity index (χ1) is 27.3. The number of carbonyl (C=O) groups excluding carboxylic acids is 3. The smallest absolute Gasteiger partial charge is 0.330 e. The van der Waals surface area contributed by atoms with Crippen molar-refractivity contribution in [3.05, 3.63) is 48.6 Å². The molecule has 322 valence electrons. The van der Waals surface area contributed by atoms with Gasteiger partial charge in [0.05, 0.1) is 6.61 Å². The van der Waals surface area contributed by atoms with E-state index in [2.05, 4.69) is 91.8 Å². The largest absolute Gasteiger partial charge is 0.464 e. The summed E-state index contributed by atoms with van der Waals surface area (Å²) in [6.07, 6.45) is 46.6. The van der Waals surface area contributed by atoms with Crippen molar-refractivity contribution in [2.45, 2.75) is 201 Å². The monoisotopic (exact) mass is 782 g/mol. The molecule has 0 radical (unpaired) electrons. The zero-order chi connectivity index (χ0) is 40.7. The standard InChI is InChI=1S/C49H87N3O4/c1-5-7-9-11-13-15-17-19-21-23-25-27-29-31-33-35-39-56-49(55)46(51-48(54)37-38-52-42-44(3)40-45(4)43-52)41-50-47(53)36-34-32-30-28-26-24-22-20-18-16-14-12-10-8-6-2/h13-16,19-22,44-46H,5-12,17-18,23-43H2,1-4H3,(H,50,53)(H,51,54)/b15-13-,16-14-,21-19-,22-20-. The quantitative estimate of drug-likeness (QED) is 0.0375. The second kappa shape index (κ2) is 37.9. The van der Waals surface area contributed by atoms with Crippen LogP contribution < -0.4 is 10.6 Å². The number of rotatable bonds is 36. The van der Waals surface area contributed by atoms with Gasteiger partial charge in [-0.3, -0.25) is 9.59 Å². The molecule has 1 fully saturated rings. The van der Waals surface area contributed by atoms with Crippen molar-refractivity contribution in [2.24, 2.45) is 11.8 Å². The van der Waals surface area contributed by atoms with Gasteiger partial charge < -0.3 is 20.3 Å². The predicted octanol–water partition coefficient (Wildman–Crippen LogP) is 12.1. The van der Waals surface area contributed by atoms with Crippen molar-refractivity contribution in [3.8, 4) is 0 Å². The zero-order valence-electron chi connectivity index (χ0n) is 36.9. The molecule has 1 aliphatic heterocycles. The number of amides is 2. The first-order valence-corrected chi connectivity index (χ1v) is 23.4. The summed E-state index contributed by atoms with van der Waals surface area (Å²) in [6.45, 7) is 12.1. The topological polar surface area (TPSA) is 87.7 Å². The lowest BCUT2D eigenvalue weighted by atomic mass is 9.92. The lowest BCUT2D eigenvalue weighted by Gasteiger charge is -2.34. The van der Waals surface area contributed by atoms with Crippen LogP contribution in [-0.2, 0) is 19.1 Å². The molecular formula is C49H87N3O4. The van der Waals surface area contributed by atoms with E-state index in [0.29, 0.717) is 37.8 Å². The maximum atomic E-state index is 13.1. The molecular weight excluding hydrogens is 695 g/mol. The van der Waals surface area contributed by atoms with Crippen molar-refractivity contribution in [1.29, 1.82) is 0 Å². The molecule has 0 spiro atoms. The van der Waals surface area contributed by atoms with Crippen molar-refractivity contribution >= 4 is 17.8 Å². The highest BCUT2D eigenvalue weighted by Crippen LogP contribution is 2.21. The average molecular weight is 782 g/mol. The fourth-order valence-electron chi connectivity index (χ4n) is 7.46. The van der Waals surface area contributed by atoms with E-state index in [1.54, 1.807) is 0 Å². The SMILES string of the molecule is CCCCC/C=C\C/C=C\CCCCCCCCOC(=O)C(CNC(=O)CCCCCCC/C=C\C/C=C\CCCCC)NC(=O)CCN1CC(C)CC(C)C1. The van der Waals surface area contributed by atoms with Crippen LogP contribution in [0.4, 0.5) is 0 Å². The van der Waals surface area contributed by atoms with Gasteiger partial charge in [0.15, 0.2) is 0 Å². The van der Waals surface area contributed by atoms with Gasteiger partial charge in [0, 0.05) is 39.0 Å². The van der Waals surface area contributed by atoms with E-state index in [1.807, 2.05) is 0 Å². The normalized spacial score (nSPS) is 17.1. The van der Waals surface area contributed by atoms with E-state index >= 15 is 0 Å². The number of ether oxygens (including phenoxy) is 1. The van der Waals surface area contributed by atoms with Crippen molar-refractivity contribution < 1.29 is 19.1 Å². The van der Waals surface area contributed by atoms with Crippen LogP contribution in [0.1, 0.15) is 195 Å². The van der Waals surface area contributed by atoms with Gasteiger partial charge in [0.2, 0.25) is 11.8 Å². The molecule has 3 atom stereocenters. The molecule has 2 amide bonds. The number of hydrogen-bond donors (Lipinski definition) is 2. The molecule has 0 aliphatic carbocycles. The zero-order valence-corrected chi connectivity index (χ0v) is 36.9. The fourth-order valence-corrected chi connectivity index (χ4v) is 7.46. The van der Waals surface area contributed by atoms with Gasteiger partial charge in [-0.1, -0.05) is 147 Å². The Hall–Kier alpha value is -2.67. The third kappa shape index (κ3) is 32.4. The third-order valence-electron chi connectivity index (χ3n) is 10.7. The van der Waals surface area contributed by atoms with E-state index in [1.165, 1.54) is 89.9 Å². The van der Waals surface area contributed by atoms with E-state index in [0.717, 1.165) is 77.3 Å². The summed E-state index contributed by atoms with van der Waals surface area (Å²) in [5.74, 6) is 0.537. The number of hydrogen-bond acceptors (Lipinski definition) is 5. The molecule has 0 bridgehead atoms. The molecule has 0 aromatic heterocycles. The van der Waals surface area contributed by atoms with Gasteiger partial charge in [0.25, 0.3) is 0 Å². The number of nitrogens with zero attached hydrogens (tertiary/aromatic N) is 1. The van der Waals surface area contributed by atoms with Crippen LogP contribution >= 0.6 is 0 Å². The Labute approximate surface area is 345 Å². The number of nitrogens with one attached hydrogen (secondary N) is 2. The average Bonchev–Trinajstić information content (AvgIpc) is 3.17. The number of likely N-dealkylation sites (tertiary alicyclic amines) is 1. The van der Waals surface area contributed by atoms with Crippen LogP contribution in [0.15, 0.2) is 48.6 Å². The minimum Gasteiger partial charge on any atom is -0.464 e. The fraction of sp³-hybridized carbons (Fsp3) is 0.776. The summed E-state index contributed by atoms with van der Waals surface area (Å²) in [5.41, 5.74) is 0. The molecule has 7 heteroatoms. The van der Waals surface area contributed by atoms with Crippen LogP contribution in [0.3, 0.4) is 0 Å². The van der Waals surface area contributed by atoms with Gasteiger partial charge in [-0.25, -0.2) is 4.79 Å². The molecule has 7 nitrogen and oxygen atoms in total. The maximum absolute atomic E-state index is 13.1. The molecule has 2 N–H and O–H groups in total. The minimum absolute atomic E-state index is 0.0607. The van der Waals surface area contributed by atoms with Gasteiger partial charge in [-0.2, -0.15) is 0 Å². The van der Waals surface area contributed by atoms with Gasteiger partial charge in [0.1, 0.15) is 6.04 Å². The van der Waals surface area contributed by atoms with E-state index in [-0.39, 0.29) is 18.4 Å². The Morgan fingerprint density at radius 1 is 0.589 bits per heavy atom. The third-order valence-corrected chi connectivity index (χ3v) is 10.7. The summed E-state index contributed by atoms with van der Waals surface area (Å²) in [5, 5.41) is 5.80. The first-order valence-electron chi connectivity index (χ1n) is 23.4. The van der Waals surface area contributed by atoms with Gasteiger partial charge in [-0.05, 0) is 95.3 Å². The molecule has 1 saturated heterocycles. The lowest BCUT2D eigenvalue weighted by molar-refractivity contribution is -0.148. The Balaban J connectivity index is 2.32. The van der Waals surface area contributed by atoms with Gasteiger partial charge >= 0.3 is 5.97 Å². The highest BCUT2D eigenvalue weighted by molar-refractivity contribution is 5.85. The molecule has 1 aliphatic rings. The highest BCUT2D eigenvalue weighted by atomic mass is 16.5.